The van der Waals surface area contributed by atoms with E-state index < -0.39 is 11.7 Å². The number of nitrogens with one attached hydrogen (secondary N) is 1. The van der Waals surface area contributed by atoms with Gasteiger partial charge in [0.2, 0.25) is 0 Å². The average molecular weight is 323 g/mol. The van der Waals surface area contributed by atoms with Gasteiger partial charge >= 0.3 is 6.18 Å². The van der Waals surface area contributed by atoms with Crippen molar-refractivity contribution in [3.63, 3.8) is 0 Å². The van der Waals surface area contributed by atoms with Gasteiger partial charge in [-0.15, -0.1) is 0 Å². The SMILES string of the molecule is NC1CCCC1Nc1ccc(C(F)(F)F)cc1Br. The minimum absolute atomic E-state index is 0.0687. The summed E-state index contributed by atoms with van der Waals surface area (Å²) in [6, 6.07) is 3.81. The van der Waals surface area contributed by atoms with Crippen molar-refractivity contribution in [2.75, 3.05) is 5.32 Å². The van der Waals surface area contributed by atoms with Crippen LogP contribution in [0.15, 0.2) is 22.7 Å². The Morgan fingerprint density at radius 3 is 2.50 bits per heavy atom. The first-order chi connectivity index (χ1) is 8.38. The van der Waals surface area contributed by atoms with Gasteiger partial charge in [0, 0.05) is 22.2 Å². The van der Waals surface area contributed by atoms with E-state index in [0.29, 0.717) is 10.2 Å². The summed E-state index contributed by atoms with van der Waals surface area (Å²) in [7, 11) is 0. The number of nitrogens with two attached hydrogens (primary N) is 1. The van der Waals surface area contributed by atoms with E-state index in [0.717, 1.165) is 31.4 Å². The van der Waals surface area contributed by atoms with Crippen LogP contribution in [-0.4, -0.2) is 12.1 Å². The Kier molecular flexibility index (Phi) is 3.87. The van der Waals surface area contributed by atoms with Crippen molar-refractivity contribution in [2.24, 2.45) is 5.73 Å². The average Bonchev–Trinajstić information content (AvgIpc) is 2.66. The van der Waals surface area contributed by atoms with Gasteiger partial charge in [0.1, 0.15) is 0 Å². The second-order valence-corrected chi connectivity index (χ2v) is 5.39. The lowest BCUT2D eigenvalue weighted by Gasteiger charge is -2.20. The Balaban J connectivity index is 2.15. The minimum Gasteiger partial charge on any atom is -0.380 e. The van der Waals surface area contributed by atoms with E-state index >= 15 is 0 Å². The topological polar surface area (TPSA) is 38.0 Å². The molecule has 1 aliphatic rings. The normalized spacial score (nSPS) is 24.3. The second-order valence-electron chi connectivity index (χ2n) is 4.54. The van der Waals surface area contributed by atoms with Gasteiger partial charge in [-0.25, -0.2) is 0 Å². The fourth-order valence-electron chi connectivity index (χ4n) is 2.18. The number of halogens is 4. The summed E-state index contributed by atoms with van der Waals surface area (Å²) in [6.07, 6.45) is -1.35. The second kappa shape index (κ2) is 5.09. The summed E-state index contributed by atoms with van der Waals surface area (Å²) in [6.45, 7) is 0. The summed E-state index contributed by atoms with van der Waals surface area (Å²) < 4.78 is 37.9. The number of anilines is 1. The Labute approximate surface area is 112 Å². The minimum atomic E-state index is -4.31. The molecule has 1 aromatic rings. The standard InChI is InChI=1S/C12H14BrF3N2/c13-8-6-7(12(14,15)16)4-5-10(8)18-11-3-1-2-9(11)17/h4-6,9,11,18H,1-3,17H2. The zero-order valence-electron chi connectivity index (χ0n) is 9.60. The fraction of sp³-hybridized carbons (Fsp3) is 0.500. The van der Waals surface area contributed by atoms with Gasteiger partial charge in [-0.2, -0.15) is 13.2 Å². The molecule has 0 saturated heterocycles. The van der Waals surface area contributed by atoms with E-state index in [4.69, 9.17) is 5.73 Å². The maximum Gasteiger partial charge on any atom is 0.416 e. The van der Waals surface area contributed by atoms with Crippen LogP contribution < -0.4 is 11.1 Å². The number of benzene rings is 1. The van der Waals surface area contributed by atoms with Gasteiger partial charge < -0.3 is 11.1 Å². The van der Waals surface area contributed by atoms with Crippen LogP contribution in [0.1, 0.15) is 24.8 Å². The number of hydrogen-bond donors (Lipinski definition) is 2. The molecule has 2 atom stereocenters. The first kappa shape index (κ1) is 13.7. The van der Waals surface area contributed by atoms with E-state index in [1.54, 1.807) is 0 Å². The Bertz CT molecular complexity index is 434. The Hall–Kier alpha value is -0.750. The fourth-order valence-corrected chi connectivity index (χ4v) is 2.67. The molecule has 2 rings (SSSR count). The monoisotopic (exact) mass is 322 g/mol. The molecule has 18 heavy (non-hydrogen) atoms. The van der Waals surface area contributed by atoms with Gasteiger partial charge in [-0.3, -0.25) is 0 Å². The van der Waals surface area contributed by atoms with Gasteiger partial charge in [0.25, 0.3) is 0 Å². The van der Waals surface area contributed by atoms with Crippen molar-refractivity contribution in [2.45, 2.75) is 37.5 Å². The molecule has 3 N–H and O–H groups in total. The molecule has 2 unspecified atom stereocenters. The van der Waals surface area contributed by atoms with Gasteiger partial charge in [0.15, 0.2) is 0 Å². The predicted molar refractivity (Wildman–Crippen MR) is 68.4 cm³/mol. The van der Waals surface area contributed by atoms with E-state index in [1.807, 2.05) is 0 Å². The van der Waals surface area contributed by atoms with Crippen LogP contribution in [0.4, 0.5) is 18.9 Å². The molecular formula is C12H14BrF3N2. The third-order valence-corrected chi connectivity index (χ3v) is 3.86. The van der Waals surface area contributed by atoms with Crippen LogP contribution in [0, 0.1) is 0 Å². The molecule has 1 aliphatic carbocycles. The molecule has 2 nitrogen and oxygen atoms in total. The van der Waals surface area contributed by atoms with Crippen LogP contribution >= 0.6 is 15.9 Å². The smallest absolute Gasteiger partial charge is 0.380 e. The molecule has 0 radical (unpaired) electrons. The van der Waals surface area contributed by atoms with Gasteiger partial charge in [-0.1, -0.05) is 0 Å². The molecule has 0 amide bonds. The number of rotatable bonds is 2. The molecule has 6 heteroatoms. The van der Waals surface area contributed by atoms with Crippen molar-refractivity contribution >= 4 is 21.6 Å². The van der Waals surface area contributed by atoms with Crippen LogP contribution in [0.2, 0.25) is 0 Å². The Morgan fingerprint density at radius 2 is 2.00 bits per heavy atom. The van der Waals surface area contributed by atoms with Crippen molar-refractivity contribution in [1.82, 2.24) is 0 Å². The summed E-state index contributed by atoms with van der Waals surface area (Å²) >= 11 is 3.16. The third kappa shape index (κ3) is 2.98. The largest absolute Gasteiger partial charge is 0.416 e. The molecule has 1 fully saturated rings. The van der Waals surface area contributed by atoms with Gasteiger partial charge in [-0.05, 0) is 53.4 Å². The maximum absolute atomic E-state index is 12.5. The molecule has 1 saturated carbocycles. The van der Waals surface area contributed by atoms with Crippen molar-refractivity contribution in [3.8, 4) is 0 Å². The van der Waals surface area contributed by atoms with Crippen molar-refractivity contribution in [1.29, 1.82) is 0 Å². The zero-order valence-corrected chi connectivity index (χ0v) is 11.2. The summed E-state index contributed by atoms with van der Waals surface area (Å²) in [4.78, 5) is 0. The van der Waals surface area contributed by atoms with Crippen molar-refractivity contribution < 1.29 is 13.2 Å². The highest BCUT2D eigenvalue weighted by atomic mass is 79.9. The lowest BCUT2D eigenvalue weighted by Crippen LogP contribution is -2.35. The summed E-state index contributed by atoms with van der Waals surface area (Å²) in [5, 5.41) is 3.20. The molecule has 100 valence electrons. The highest BCUT2D eigenvalue weighted by molar-refractivity contribution is 9.10. The number of hydrogen-bond acceptors (Lipinski definition) is 2. The van der Waals surface area contributed by atoms with E-state index in [2.05, 4.69) is 21.2 Å². The molecule has 1 aromatic carbocycles. The lowest BCUT2D eigenvalue weighted by atomic mass is 10.1. The van der Waals surface area contributed by atoms with Crippen LogP contribution in [0.25, 0.3) is 0 Å². The van der Waals surface area contributed by atoms with Gasteiger partial charge in [0.05, 0.1) is 5.56 Å². The molecule has 0 aliphatic heterocycles. The maximum atomic E-state index is 12.5. The van der Waals surface area contributed by atoms with Crippen LogP contribution in [-0.2, 0) is 6.18 Å². The Morgan fingerprint density at radius 1 is 1.28 bits per heavy atom. The molecule has 0 spiro atoms. The quantitative estimate of drug-likeness (QED) is 0.870. The first-order valence-electron chi connectivity index (χ1n) is 5.77. The highest BCUT2D eigenvalue weighted by Gasteiger charge is 2.31. The van der Waals surface area contributed by atoms with E-state index in [-0.39, 0.29) is 12.1 Å². The van der Waals surface area contributed by atoms with E-state index in [1.165, 1.54) is 6.07 Å². The summed E-state index contributed by atoms with van der Waals surface area (Å²) in [5.41, 5.74) is 5.92. The lowest BCUT2D eigenvalue weighted by molar-refractivity contribution is -0.137. The summed E-state index contributed by atoms with van der Waals surface area (Å²) in [5.74, 6) is 0. The molecule has 0 heterocycles. The molecular weight excluding hydrogens is 309 g/mol. The van der Waals surface area contributed by atoms with E-state index in [9.17, 15) is 13.2 Å². The number of alkyl halides is 3. The highest BCUT2D eigenvalue weighted by Crippen LogP contribution is 2.34. The zero-order chi connectivity index (χ0) is 13.3. The predicted octanol–water partition coefficient (Wildman–Crippen LogP) is 3.76. The third-order valence-electron chi connectivity index (χ3n) is 3.21. The first-order valence-corrected chi connectivity index (χ1v) is 6.56. The molecule has 0 bridgehead atoms. The van der Waals surface area contributed by atoms with Crippen molar-refractivity contribution in [3.05, 3.63) is 28.2 Å². The molecule has 0 aromatic heterocycles. The van der Waals surface area contributed by atoms with Crippen LogP contribution in [0.5, 0.6) is 0 Å². The van der Waals surface area contributed by atoms with Crippen LogP contribution in [0.3, 0.4) is 0 Å².